The van der Waals surface area contributed by atoms with Gasteiger partial charge in [-0.25, -0.2) is 4.79 Å². The lowest BCUT2D eigenvalue weighted by Gasteiger charge is -2.21. The van der Waals surface area contributed by atoms with Crippen LogP contribution in [-0.2, 0) is 11.3 Å². The van der Waals surface area contributed by atoms with Gasteiger partial charge in [0.05, 0.1) is 12.6 Å². The van der Waals surface area contributed by atoms with Crippen molar-refractivity contribution in [3.05, 3.63) is 59.2 Å². The molecule has 7 heteroatoms. The van der Waals surface area contributed by atoms with Crippen molar-refractivity contribution < 1.29 is 19.1 Å². The number of benzene rings is 2. The van der Waals surface area contributed by atoms with E-state index in [0.29, 0.717) is 31.3 Å². The first-order valence-corrected chi connectivity index (χ1v) is 9.27. The maximum absolute atomic E-state index is 12.1. The van der Waals surface area contributed by atoms with Gasteiger partial charge < -0.3 is 25.4 Å². The lowest BCUT2D eigenvalue weighted by Crippen LogP contribution is -2.42. The van der Waals surface area contributed by atoms with Crippen LogP contribution in [-0.4, -0.2) is 31.7 Å². The van der Waals surface area contributed by atoms with Crippen LogP contribution in [0.15, 0.2) is 42.5 Å². The van der Waals surface area contributed by atoms with E-state index in [2.05, 4.69) is 16.0 Å². The van der Waals surface area contributed by atoms with Crippen LogP contribution in [0.25, 0.3) is 0 Å². The average molecular weight is 383 g/mol. The number of hydrogen-bond donors (Lipinski definition) is 3. The molecule has 0 spiro atoms. The van der Waals surface area contributed by atoms with Crippen LogP contribution in [0.5, 0.6) is 11.5 Å². The van der Waals surface area contributed by atoms with Gasteiger partial charge in [0.2, 0.25) is 5.91 Å². The highest BCUT2D eigenvalue weighted by molar-refractivity contribution is 5.84. The minimum atomic E-state index is -0.386. The summed E-state index contributed by atoms with van der Waals surface area (Å²) >= 11 is 0. The summed E-state index contributed by atoms with van der Waals surface area (Å²) in [6, 6.07) is 12.9. The summed E-state index contributed by atoms with van der Waals surface area (Å²) in [5.74, 6) is 1.12. The zero-order chi connectivity index (χ0) is 19.9. The molecular weight excluding hydrogens is 358 g/mol. The highest BCUT2D eigenvalue weighted by Gasteiger charge is 2.16. The zero-order valence-electron chi connectivity index (χ0n) is 16.1. The van der Waals surface area contributed by atoms with Crippen molar-refractivity contribution in [2.75, 3.05) is 19.8 Å². The molecule has 3 amide bonds. The fourth-order valence-electron chi connectivity index (χ4n) is 2.82. The van der Waals surface area contributed by atoms with Gasteiger partial charge in [0.15, 0.2) is 11.5 Å². The van der Waals surface area contributed by atoms with Gasteiger partial charge in [-0.2, -0.15) is 0 Å². The van der Waals surface area contributed by atoms with Gasteiger partial charge >= 0.3 is 6.03 Å². The molecule has 0 aromatic heterocycles. The summed E-state index contributed by atoms with van der Waals surface area (Å²) in [5, 5.41) is 8.16. The molecule has 1 atom stereocenters. The number of aryl methyl sites for hydroxylation is 1. The molecule has 0 saturated carbocycles. The van der Waals surface area contributed by atoms with Gasteiger partial charge in [0.25, 0.3) is 0 Å². The second kappa shape index (κ2) is 9.12. The van der Waals surface area contributed by atoms with Crippen molar-refractivity contribution in [1.29, 1.82) is 0 Å². The molecular formula is C21H25N3O4. The highest BCUT2D eigenvalue weighted by Crippen LogP contribution is 2.32. The Balaban J connectivity index is 1.42. The largest absolute Gasteiger partial charge is 0.486 e. The second-order valence-electron chi connectivity index (χ2n) is 6.71. The van der Waals surface area contributed by atoms with E-state index in [9.17, 15) is 9.59 Å². The average Bonchev–Trinajstić information content (AvgIpc) is 2.71. The fraction of sp³-hybridized carbons (Fsp3) is 0.333. The predicted octanol–water partition coefficient (Wildman–Crippen LogP) is 2.44. The Labute approximate surface area is 164 Å². The maximum atomic E-state index is 12.1. The smallest absolute Gasteiger partial charge is 0.315 e. The van der Waals surface area contributed by atoms with Gasteiger partial charge in [-0.15, -0.1) is 0 Å². The number of urea groups is 1. The standard InChI is InChI=1S/C21H25N3O4/c1-14-3-5-16(6-4-14)12-22-21(26)23-13-20(25)24-15(2)17-7-8-18-19(11-17)28-10-9-27-18/h3-8,11,15H,9-10,12-13H2,1-2H3,(H,24,25)(H2,22,23,26). The Kier molecular flexibility index (Phi) is 6.37. The Hall–Kier alpha value is -3.22. The summed E-state index contributed by atoms with van der Waals surface area (Å²) in [4.78, 5) is 24.0. The Morgan fingerprint density at radius 1 is 1.00 bits per heavy atom. The zero-order valence-corrected chi connectivity index (χ0v) is 16.1. The van der Waals surface area contributed by atoms with E-state index in [0.717, 1.165) is 16.7 Å². The third-order valence-electron chi connectivity index (χ3n) is 4.43. The molecule has 0 saturated heterocycles. The number of carbonyl (C=O) groups is 2. The first-order chi connectivity index (χ1) is 13.5. The molecule has 0 bridgehead atoms. The van der Waals surface area contributed by atoms with E-state index in [1.54, 1.807) is 0 Å². The lowest BCUT2D eigenvalue weighted by atomic mass is 10.1. The molecule has 3 rings (SSSR count). The number of carbonyl (C=O) groups excluding carboxylic acids is 2. The van der Waals surface area contributed by atoms with E-state index < -0.39 is 0 Å². The Morgan fingerprint density at radius 3 is 2.46 bits per heavy atom. The lowest BCUT2D eigenvalue weighted by molar-refractivity contribution is -0.120. The molecule has 2 aromatic rings. The topological polar surface area (TPSA) is 88.7 Å². The molecule has 7 nitrogen and oxygen atoms in total. The fourth-order valence-corrected chi connectivity index (χ4v) is 2.82. The summed E-state index contributed by atoms with van der Waals surface area (Å²) in [5.41, 5.74) is 3.07. The molecule has 0 aliphatic carbocycles. The normalized spacial score (nSPS) is 13.4. The van der Waals surface area contributed by atoms with Crippen LogP contribution in [0.3, 0.4) is 0 Å². The molecule has 2 aromatic carbocycles. The molecule has 1 heterocycles. The van der Waals surface area contributed by atoms with Crippen molar-refractivity contribution in [1.82, 2.24) is 16.0 Å². The van der Waals surface area contributed by atoms with E-state index in [1.807, 2.05) is 56.3 Å². The predicted molar refractivity (Wildman–Crippen MR) is 105 cm³/mol. The van der Waals surface area contributed by atoms with E-state index in [-0.39, 0.29) is 24.5 Å². The number of ether oxygens (including phenoxy) is 2. The first kappa shape index (κ1) is 19.5. The van der Waals surface area contributed by atoms with Crippen LogP contribution >= 0.6 is 0 Å². The molecule has 0 fully saturated rings. The van der Waals surface area contributed by atoms with Crippen LogP contribution < -0.4 is 25.4 Å². The Bertz CT molecular complexity index is 836. The second-order valence-corrected chi connectivity index (χ2v) is 6.71. The van der Waals surface area contributed by atoms with Crippen LogP contribution in [0.4, 0.5) is 4.79 Å². The summed E-state index contributed by atoms with van der Waals surface area (Å²) in [7, 11) is 0. The first-order valence-electron chi connectivity index (χ1n) is 9.27. The maximum Gasteiger partial charge on any atom is 0.315 e. The van der Waals surface area contributed by atoms with Gasteiger partial charge in [-0.3, -0.25) is 4.79 Å². The monoisotopic (exact) mass is 383 g/mol. The SMILES string of the molecule is Cc1ccc(CNC(=O)NCC(=O)NC(C)c2ccc3c(c2)OCCO3)cc1. The van der Waals surface area contributed by atoms with Crippen molar-refractivity contribution in [3.63, 3.8) is 0 Å². The number of amides is 3. The molecule has 1 aliphatic heterocycles. The minimum Gasteiger partial charge on any atom is -0.486 e. The quantitative estimate of drug-likeness (QED) is 0.715. The Morgan fingerprint density at radius 2 is 1.71 bits per heavy atom. The molecule has 28 heavy (non-hydrogen) atoms. The third kappa shape index (κ3) is 5.39. The van der Waals surface area contributed by atoms with E-state index in [1.165, 1.54) is 0 Å². The summed E-state index contributed by atoms with van der Waals surface area (Å²) in [6.07, 6.45) is 0. The third-order valence-corrected chi connectivity index (χ3v) is 4.43. The van der Waals surface area contributed by atoms with Crippen LogP contribution in [0.1, 0.15) is 29.7 Å². The molecule has 148 valence electrons. The minimum absolute atomic E-state index is 0.103. The summed E-state index contributed by atoms with van der Waals surface area (Å²) in [6.45, 7) is 5.24. The van der Waals surface area contributed by atoms with Crippen molar-refractivity contribution in [2.45, 2.75) is 26.4 Å². The van der Waals surface area contributed by atoms with Gasteiger partial charge in [0, 0.05) is 6.54 Å². The van der Waals surface area contributed by atoms with Gasteiger partial charge in [-0.1, -0.05) is 35.9 Å². The molecule has 1 unspecified atom stereocenters. The van der Waals surface area contributed by atoms with Crippen molar-refractivity contribution in [3.8, 4) is 11.5 Å². The number of fused-ring (bicyclic) bond motifs is 1. The van der Waals surface area contributed by atoms with E-state index >= 15 is 0 Å². The highest BCUT2D eigenvalue weighted by atomic mass is 16.6. The number of hydrogen-bond acceptors (Lipinski definition) is 4. The van der Waals surface area contributed by atoms with Crippen molar-refractivity contribution >= 4 is 11.9 Å². The van der Waals surface area contributed by atoms with Crippen LogP contribution in [0, 0.1) is 6.92 Å². The molecule has 3 N–H and O–H groups in total. The van der Waals surface area contributed by atoms with Gasteiger partial charge in [-0.05, 0) is 37.1 Å². The summed E-state index contributed by atoms with van der Waals surface area (Å²) < 4.78 is 11.1. The number of nitrogens with one attached hydrogen (secondary N) is 3. The van der Waals surface area contributed by atoms with Gasteiger partial charge in [0.1, 0.15) is 13.2 Å². The molecule has 0 radical (unpaired) electrons. The van der Waals surface area contributed by atoms with Crippen LogP contribution in [0.2, 0.25) is 0 Å². The molecule has 1 aliphatic rings. The number of rotatable bonds is 6. The van der Waals surface area contributed by atoms with E-state index in [4.69, 9.17) is 9.47 Å². The van der Waals surface area contributed by atoms with Crippen molar-refractivity contribution in [2.24, 2.45) is 0 Å².